The Hall–Kier alpha value is -2.57. The van der Waals surface area contributed by atoms with Gasteiger partial charge < -0.3 is 19.5 Å². The summed E-state index contributed by atoms with van der Waals surface area (Å²) in [4.78, 5) is 13.6. The number of hydrogen-bond acceptors (Lipinski definition) is 5. The summed E-state index contributed by atoms with van der Waals surface area (Å²) in [6, 6.07) is 8.51. The second kappa shape index (κ2) is 8.20. The maximum Gasteiger partial charge on any atom is 0.217 e. The molecule has 1 aliphatic carbocycles. The van der Waals surface area contributed by atoms with Gasteiger partial charge in [0.05, 0.1) is 5.69 Å². The molecule has 2 aromatic rings. The number of anilines is 1. The van der Waals surface area contributed by atoms with E-state index in [-0.39, 0.29) is 11.9 Å². The summed E-state index contributed by atoms with van der Waals surface area (Å²) in [7, 11) is 2.00. The third-order valence-electron chi connectivity index (χ3n) is 5.83. The molecule has 0 unspecified atom stereocenters. The Morgan fingerprint density at radius 1 is 1.18 bits per heavy atom. The van der Waals surface area contributed by atoms with Gasteiger partial charge in [-0.3, -0.25) is 4.79 Å². The van der Waals surface area contributed by atoms with E-state index in [1.165, 1.54) is 24.9 Å². The summed E-state index contributed by atoms with van der Waals surface area (Å²) < 4.78 is 8.19. The summed E-state index contributed by atoms with van der Waals surface area (Å²) >= 11 is 0. The molecule has 2 heterocycles. The largest absolute Gasteiger partial charge is 0.483 e. The van der Waals surface area contributed by atoms with Gasteiger partial charge in [0, 0.05) is 39.0 Å². The predicted octanol–water partition coefficient (Wildman–Crippen LogP) is 2.77. The van der Waals surface area contributed by atoms with Gasteiger partial charge in [-0.2, -0.15) is 0 Å². The number of aromatic nitrogens is 3. The first kappa shape index (κ1) is 18.8. The minimum absolute atomic E-state index is 0.0304. The van der Waals surface area contributed by atoms with Crippen LogP contribution in [0.3, 0.4) is 0 Å². The van der Waals surface area contributed by atoms with Gasteiger partial charge in [-0.05, 0) is 44.2 Å². The summed E-state index contributed by atoms with van der Waals surface area (Å²) in [6.45, 7) is 4.14. The normalized spacial score (nSPS) is 21.9. The number of nitrogens with zero attached hydrogens (tertiary/aromatic N) is 4. The highest BCUT2D eigenvalue weighted by molar-refractivity contribution is 5.73. The Bertz CT molecular complexity index is 822. The van der Waals surface area contributed by atoms with Gasteiger partial charge >= 0.3 is 0 Å². The highest BCUT2D eigenvalue weighted by Gasteiger charge is 2.34. The van der Waals surface area contributed by atoms with Crippen molar-refractivity contribution in [2.24, 2.45) is 7.05 Å². The lowest BCUT2D eigenvalue weighted by Crippen LogP contribution is -2.43. The van der Waals surface area contributed by atoms with Crippen LogP contribution in [0.5, 0.6) is 5.75 Å². The molecule has 4 rings (SSSR count). The van der Waals surface area contributed by atoms with Crippen molar-refractivity contribution in [1.29, 1.82) is 0 Å². The number of benzene rings is 1. The third-order valence-corrected chi connectivity index (χ3v) is 5.83. The zero-order chi connectivity index (χ0) is 19.5. The van der Waals surface area contributed by atoms with E-state index in [9.17, 15) is 4.79 Å². The molecule has 1 aliphatic heterocycles. The van der Waals surface area contributed by atoms with E-state index in [4.69, 9.17) is 4.74 Å². The van der Waals surface area contributed by atoms with Crippen molar-refractivity contribution in [3.63, 3.8) is 0 Å². The number of para-hydroxylation sites is 2. The van der Waals surface area contributed by atoms with Crippen LogP contribution in [0.4, 0.5) is 5.69 Å². The molecule has 0 bridgehead atoms. The third kappa shape index (κ3) is 3.98. The monoisotopic (exact) mass is 383 g/mol. The fourth-order valence-electron chi connectivity index (χ4n) is 4.21. The highest BCUT2D eigenvalue weighted by Crippen LogP contribution is 2.36. The van der Waals surface area contributed by atoms with Gasteiger partial charge in [-0.15, -0.1) is 10.2 Å². The lowest BCUT2D eigenvalue weighted by Gasteiger charge is -2.34. The molecular weight excluding hydrogens is 354 g/mol. The second-order valence-electron chi connectivity index (χ2n) is 7.90. The van der Waals surface area contributed by atoms with Crippen LogP contribution in [0, 0.1) is 0 Å². The van der Waals surface area contributed by atoms with Crippen LogP contribution in [0.2, 0.25) is 0 Å². The smallest absolute Gasteiger partial charge is 0.217 e. The minimum Gasteiger partial charge on any atom is -0.483 e. The average molecular weight is 383 g/mol. The van der Waals surface area contributed by atoms with Gasteiger partial charge in [0.25, 0.3) is 0 Å². The number of hydrogen-bond donors (Lipinski definition) is 1. The first-order valence-corrected chi connectivity index (χ1v) is 10.2. The van der Waals surface area contributed by atoms with Crippen LogP contribution in [-0.2, 0) is 18.4 Å². The van der Waals surface area contributed by atoms with E-state index in [2.05, 4.69) is 32.5 Å². The molecular formula is C21H29N5O2. The number of rotatable bonds is 6. The number of amides is 1. The van der Waals surface area contributed by atoms with Crippen molar-refractivity contribution in [2.75, 3.05) is 18.0 Å². The zero-order valence-electron chi connectivity index (χ0n) is 16.7. The Labute approximate surface area is 166 Å². The predicted molar refractivity (Wildman–Crippen MR) is 107 cm³/mol. The SMILES string of the molecule is CC(=O)NC1CC(c2nnc(COc3ccccc3N3CCCCC3)n2C)C1. The molecule has 0 spiro atoms. The van der Waals surface area contributed by atoms with Gasteiger partial charge in [-0.25, -0.2) is 0 Å². The standard InChI is InChI=1S/C21H29N5O2/c1-15(27)22-17-12-16(13-17)21-24-23-20(25(21)2)14-28-19-9-5-4-8-18(19)26-10-6-3-7-11-26/h4-5,8-9,16-17H,3,6-7,10-14H2,1-2H3,(H,22,27). The number of nitrogens with one attached hydrogen (secondary N) is 1. The van der Waals surface area contributed by atoms with Crippen LogP contribution >= 0.6 is 0 Å². The molecule has 7 nitrogen and oxygen atoms in total. The van der Waals surface area contributed by atoms with Crippen LogP contribution in [0.15, 0.2) is 24.3 Å². The summed E-state index contributed by atoms with van der Waals surface area (Å²) in [5.41, 5.74) is 1.17. The molecule has 1 amide bonds. The lowest BCUT2D eigenvalue weighted by atomic mass is 9.79. The van der Waals surface area contributed by atoms with E-state index >= 15 is 0 Å². The van der Waals surface area contributed by atoms with Crippen molar-refractivity contribution in [3.05, 3.63) is 35.9 Å². The maximum atomic E-state index is 11.2. The summed E-state index contributed by atoms with van der Waals surface area (Å²) in [6.07, 6.45) is 5.63. The van der Waals surface area contributed by atoms with Crippen molar-refractivity contribution < 1.29 is 9.53 Å². The molecule has 7 heteroatoms. The van der Waals surface area contributed by atoms with Crippen LogP contribution < -0.4 is 15.0 Å². The number of carbonyl (C=O) groups is 1. The first-order chi connectivity index (χ1) is 13.6. The molecule has 28 heavy (non-hydrogen) atoms. The number of carbonyl (C=O) groups excluding carboxylic acids is 1. The zero-order valence-corrected chi connectivity index (χ0v) is 16.7. The van der Waals surface area contributed by atoms with Gasteiger partial charge in [0.2, 0.25) is 5.91 Å². The topological polar surface area (TPSA) is 72.3 Å². The lowest BCUT2D eigenvalue weighted by molar-refractivity contribution is -0.120. The fraction of sp³-hybridized carbons (Fsp3) is 0.571. The van der Waals surface area contributed by atoms with Crippen molar-refractivity contribution >= 4 is 11.6 Å². The highest BCUT2D eigenvalue weighted by atomic mass is 16.5. The molecule has 1 aromatic carbocycles. The van der Waals surface area contributed by atoms with Crippen molar-refractivity contribution in [2.45, 2.75) is 57.6 Å². The molecule has 0 atom stereocenters. The van der Waals surface area contributed by atoms with Gasteiger partial charge in [0.1, 0.15) is 18.2 Å². The van der Waals surface area contributed by atoms with Crippen LogP contribution in [0.25, 0.3) is 0 Å². The van der Waals surface area contributed by atoms with Crippen LogP contribution in [0.1, 0.15) is 56.6 Å². The average Bonchev–Trinajstić information content (AvgIpc) is 3.03. The van der Waals surface area contributed by atoms with E-state index in [1.807, 2.05) is 23.7 Å². The molecule has 2 aliphatic rings. The van der Waals surface area contributed by atoms with Gasteiger partial charge in [-0.1, -0.05) is 12.1 Å². The van der Waals surface area contributed by atoms with E-state index in [0.29, 0.717) is 12.5 Å². The molecule has 0 radical (unpaired) electrons. The summed E-state index contributed by atoms with van der Waals surface area (Å²) in [5.74, 6) is 3.09. The fourth-order valence-corrected chi connectivity index (χ4v) is 4.21. The Balaban J connectivity index is 1.39. The second-order valence-corrected chi connectivity index (χ2v) is 7.90. The Morgan fingerprint density at radius 3 is 2.68 bits per heavy atom. The molecule has 1 aromatic heterocycles. The van der Waals surface area contributed by atoms with E-state index in [1.54, 1.807) is 6.92 Å². The minimum atomic E-state index is 0.0304. The van der Waals surface area contributed by atoms with Crippen molar-refractivity contribution in [1.82, 2.24) is 20.1 Å². The maximum absolute atomic E-state index is 11.2. The number of ether oxygens (including phenoxy) is 1. The first-order valence-electron chi connectivity index (χ1n) is 10.2. The van der Waals surface area contributed by atoms with E-state index < -0.39 is 0 Å². The molecule has 150 valence electrons. The molecule has 2 fully saturated rings. The Kier molecular flexibility index (Phi) is 5.50. The molecule has 1 N–H and O–H groups in total. The Morgan fingerprint density at radius 2 is 1.93 bits per heavy atom. The number of piperidine rings is 1. The molecule has 1 saturated carbocycles. The molecule has 1 saturated heterocycles. The quantitative estimate of drug-likeness (QED) is 0.830. The van der Waals surface area contributed by atoms with Crippen molar-refractivity contribution in [3.8, 4) is 5.75 Å². The van der Waals surface area contributed by atoms with Crippen LogP contribution in [-0.4, -0.2) is 39.8 Å². The van der Waals surface area contributed by atoms with Gasteiger partial charge in [0.15, 0.2) is 5.82 Å². The van der Waals surface area contributed by atoms with E-state index in [0.717, 1.165) is 43.3 Å². The summed E-state index contributed by atoms with van der Waals surface area (Å²) in [5, 5.41) is 11.7.